The molecule has 0 aromatic carbocycles. The molecule has 0 bridgehead atoms. The van der Waals surface area contributed by atoms with Crippen molar-refractivity contribution in [2.24, 2.45) is 5.92 Å². The summed E-state index contributed by atoms with van der Waals surface area (Å²) in [5.74, 6) is 0.620. The van der Waals surface area contributed by atoms with Crippen LogP contribution < -0.4 is 0 Å². The van der Waals surface area contributed by atoms with E-state index in [-0.39, 0.29) is 0 Å². The molecule has 0 radical (unpaired) electrons. The Morgan fingerprint density at radius 3 is 2.82 bits per heavy atom. The van der Waals surface area contributed by atoms with Crippen molar-refractivity contribution in [1.29, 1.82) is 0 Å². The van der Waals surface area contributed by atoms with Crippen LogP contribution in [0.15, 0.2) is 12.3 Å². The number of aliphatic hydroxyl groups excluding tert-OH is 1. The molecule has 0 aliphatic rings. The van der Waals surface area contributed by atoms with Gasteiger partial charge in [0.25, 0.3) is 0 Å². The number of aromatic nitrogens is 2. The molecule has 0 fully saturated rings. The maximum absolute atomic E-state index is 10.1. The van der Waals surface area contributed by atoms with Crippen LogP contribution in [0.2, 0.25) is 0 Å². The Morgan fingerprint density at radius 2 is 2.18 bits per heavy atom. The van der Waals surface area contributed by atoms with Gasteiger partial charge in [0.15, 0.2) is 0 Å². The SMILES string of the molecule is COCCCn1nccc1C(O)CCC(C)C. The van der Waals surface area contributed by atoms with Gasteiger partial charge < -0.3 is 9.84 Å². The largest absolute Gasteiger partial charge is 0.387 e. The fourth-order valence-electron chi connectivity index (χ4n) is 1.81. The fraction of sp³-hybridized carbons (Fsp3) is 0.769. The molecule has 1 N–H and O–H groups in total. The van der Waals surface area contributed by atoms with Gasteiger partial charge in [0.2, 0.25) is 0 Å². The molecule has 4 nitrogen and oxygen atoms in total. The zero-order valence-electron chi connectivity index (χ0n) is 11.1. The van der Waals surface area contributed by atoms with Gasteiger partial charge in [-0.1, -0.05) is 13.8 Å². The molecule has 1 aromatic rings. The summed E-state index contributed by atoms with van der Waals surface area (Å²) >= 11 is 0. The van der Waals surface area contributed by atoms with Crippen LogP contribution in [0.5, 0.6) is 0 Å². The van der Waals surface area contributed by atoms with E-state index in [4.69, 9.17) is 4.74 Å². The number of aliphatic hydroxyl groups is 1. The number of rotatable bonds is 8. The highest BCUT2D eigenvalue weighted by atomic mass is 16.5. The van der Waals surface area contributed by atoms with E-state index in [1.807, 2.05) is 10.7 Å². The van der Waals surface area contributed by atoms with E-state index in [1.165, 1.54) is 0 Å². The molecule has 0 saturated heterocycles. The van der Waals surface area contributed by atoms with Crippen LogP contribution in [0.3, 0.4) is 0 Å². The van der Waals surface area contributed by atoms with E-state index in [0.717, 1.165) is 38.1 Å². The smallest absolute Gasteiger partial charge is 0.0956 e. The lowest BCUT2D eigenvalue weighted by Gasteiger charge is -2.14. The van der Waals surface area contributed by atoms with E-state index < -0.39 is 6.10 Å². The van der Waals surface area contributed by atoms with Crippen LogP contribution in [-0.2, 0) is 11.3 Å². The fourth-order valence-corrected chi connectivity index (χ4v) is 1.81. The van der Waals surface area contributed by atoms with Gasteiger partial charge in [-0.15, -0.1) is 0 Å². The lowest BCUT2D eigenvalue weighted by atomic mass is 10.0. The number of methoxy groups -OCH3 is 1. The number of hydrogen-bond donors (Lipinski definition) is 1. The molecular formula is C13H24N2O2. The molecule has 0 aliphatic carbocycles. The second-order valence-electron chi connectivity index (χ2n) is 4.81. The Hall–Kier alpha value is -0.870. The summed E-state index contributed by atoms with van der Waals surface area (Å²) in [6.07, 6.45) is 4.10. The first-order valence-corrected chi connectivity index (χ1v) is 6.34. The first-order chi connectivity index (χ1) is 8.15. The standard InChI is InChI=1S/C13H24N2O2/c1-11(2)5-6-13(16)12-7-8-14-15(12)9-4-10-17-3/h7-8,11,13,16H,4-6,9-10H2,1-3H3. The first kappa shape index (κ1) is 14.2. The van der Waals surface area contributed by atoms with Crippen molar-refractivity contribution in [2.75, 3.05) is 13.7 Å². The molecule has 4 heteroatoms. The second-order valence-corrected chi connectivity index (χ2v) is 4.81. The Labute approximate surface area is 104 Å². The summed E-state index contributed by atoms with van der Waals surface area (Å²) in [6, 6.07) is 1.90. The van der Waals surface area contributed by atoms with Crippen molar-refractivity contribution in [3.63, 3.8) is 0 Å². The lowest BCUT2D eigenvalue weighted by Crippen LogP contribution is -2.11. The van der Waals surface area contributed by atoms with E-state index >= 15 is 0 Å². The Balaban J connectivity index is 2.48. The summed E-state index contributed by atoms with van der Waals surface area (Å²) in [4.78, 5) is 0. The summed E-state index contributed by atoms with van der Waals surface area (Å²) in [5, 5.41) is 14.3. The third kappa shape index (κ3) is 4.88. The van der Waals surface area contributed by atoms with E-state index in [0.29, 0.717) is 5.92 Å². The molecule has 1 rings (SSSR count). The highest BCUT2D eigenvalue weighted by Gasteiger charge is 2.13. The Kier molecular flexibility index (Phi) is 6.22. The molecule has 1 unspecified atom stereocenters. The molecule has 1 atom stereocenters. The van der Waals surface area contributed by atoms with Crippen LogP contribution in [0.4, 0.5) is 0 Å². The molecule has 0 spiro atoms. The maximum atomic E-state index is 10.1. The minimum absolute atomic E-state index is 0.401. The van der Waals surface area contributed by atoms with E-state index in [2.05, 4.69) is 18.9 Å². The van der Waals surface area contributed by atoms with Gasteiger partial charge in [0.1, 0.15) is 0 Å². The maximum Gasteiger partial charge on any atom is 0.0956 e. The zero-order chi connectivity index (χ0) is 12.7. The van der Waals surface area contributed by atoms with Gasteiger partial charge in [-0.05, 0) is 31.2 Å². The van der Waals surface area contributed by atoms with Gasteiger partial charge in [-0.3, -0.25) is 4.68 Å². The van der Waals surface area contributed by atoms with Gasteiger partial charge in [0.05, 0.1) is 11.8 Å². The zero-order valence-corrected chi connectivity index (χ0v) is 11.1. The van der Waals surface area contributed by atoms with Gasteiger partial charge >= 0.3 is 0 Å². The third-order valence-corrected chi connectivity index (χ3v) is 2.83. The van der Waals surface area contributed by atoms with Crippen molar-refractivity contribution in [1.82, 2.24) is 9.78 Å². The van der Waals surface area contributed by atoms with Gasteiger partial charge in [0, 0.05) is 26.5 Å². The second kappa shape index (κ2) is 7.45. The van der Waals surface area contributed by atoms with Crippen molar-refractivity contribution in [2.45, 2.75) is 45.8 Å². The summed E-state index contributed by atoms with van der Waals surface area (Å²) in [6.45, 7) is 5.86. The Bertz CT molecular complexity index is 310. The summed E-state index contributed by atoms with van der Waals surface area (Å²) in [7, 11) is 1.70. The first-order valence-electron chi connectivity index (χ1n) is 6.34. The van der Waals surface area contributed by atoms with Crippen LogP contribution in [0.25, 0.3) is 0 Å². The summed E-state index contributed by atoms with van der Waals surface area (Å²) in [5.41, 5.74) is 0.918. The lowest BCUT2D eigenvalue weighted by molar-refractivity contribution is 0.145. The normalized spacial score (nSPS) is 13.2. The quantitative estimate of drug-likeness (QED) is 0.710. The van der Waals surface area contributed by atoms with E-state index in [9.17, 15) is 5.11 Å². The van der Waals surface area contributed by atoms with Crippen molar-refractivity contribution < 1.29 is 9.84 Å². The predicted octanol–water partition coefficient (Wildman–Crippen LogP) is 2.39. The van der Waals surface area contributed by atoms with Gasteiger partial charge in [-0.25, -0.2) is 0 Å². The number of aryl methyl sites for hydroxylation is 1. The molecule has 98 valence electrons. The van der Waals surface area contributed by atoms with Gasteiger partial charge in [-0.2, -0.15) is 5.10 Å². The van der Waals surface area contributed by atoms with Crippen molar-refractivity contribution >= 4 is 0 Å². The van der Waals surface area contributed by atoms with Crippen LogP contribution >= 0.6 is 0 Å². The van der Waals surface area contributed by atoms with Crippen molar-refractivity contribution in [3.8, 4) is 0 Å². The summed E-state index contributed by atoms with van der Waals surface area (Å²) < 4.78 is 6.89. The highest BCUT2D eigenvalue weighted by molar-refractivity contribution is 5.04. The molecule has 1 heterocycles. The molecule has 0 amide bonds. The van der Waals surface area contributed by atoms with E-state index in [1.54, 1.807) is 13.3 Å². The van der Waals surface area contributed by atoms with Crippen molar-refractivity contribution in [3.05, 3.63) is 18.0 Å². The molecule has 1 aromatic heterocycles. The minimum atomic E-state index is -0.401. The average Bonchev–Trinajstić information content (AvgIpc) is 2.74. The average molecular weight is 240 g/mol. The number of ether oxygens (including phenoxy) is 1. The third-order valence-electron chi connectivity index (χ3n) is 2.83. The molecule has 0 aliphatic heterocycles. The van der Waals surface area contributed by atoms with Crippen LogP contribution in [0, 0.1) is 5.92 Å². The highest BCUT2D eigenvalue weighted by Crippen LogP contribution is 2.20. The topological polar surface area (TPSA) is 47.3 Å². The monoisotopic (exact) mass is 240 g/mol. The van der Waals surface area contributed by atoms with Crippen LogP contribution in [-0.4, -0.2) is 28.6 Å². The van der Waals surface area contributed by atoms with Crippen LogP contribution in [0.1, 0.15) is 44.9 Å². The predicted molar refractivity (Wildman–Crippen MR) is 67.8 cm³/mol. The Morgan fingerprint density at radius 1 is 1.41 bits per heavy atom. The molecular weight excluding hydrogens is 216 g/mol. The molecule has 0 saturated carbocycles. The molecule has 17 heavy (non-hydrogen) atoms. The number of nitrogens with zero attached hydrogens (tertiary/aromatic N) is 2. The minimum Gasteiger partial charge on any atom is -0.387 e. The number of hydrogen-bond acceptors (Lipinski definition) is 3.